The Morgan fingerprint density at radius 3 is 2.66 bits per heavy atom. The van der Waals surface area contributed by atoms with Crippen LogP contribution in [-0.4, -0.2) is 28.8 Å². The first kappa shape index (κ1) is 21.3. The number of hydrogen-bond acceptors (Lipinski definition) is 3. The van der Waals surface area contributed by atoms with Gasteiger partial charge in [-0.1, -0.05) is 30.3 Å². The van der Waals surface area contributed by atoms with Crippen LogP contribution in [-0.2, 0) is 30.7 Å². The van der Waals surface area contributed by atoms with Crippen molar-refractivity contribution in [2.24, 2.45) is 0 Å². The zero-order chi connectivity index (χ0) is 20.5. The molecule has 0 saturated heterocycles. The molecule has 0 bridgehead atoms. The van der Waals surface area contributed by atoms with Crippen LogP contribution in [0.5, 0.6) is 0 Å². The van der Waals surface area contributed by atoms with Gasteiger partial charge >= 0.3 is 0 Å². The molecule has 3 aromatic rings. The van der Waals surface area contributed by atoms with Crippen LogP contribution >= 0.6 is 11.6 Å². The van der Waals surface area contributed by atoms with E-state index in [0.29, 0.717) is 18.8 Å². The van der Waals surface area contributed by atoms with Gasteiger partial charge in [-0.15, -0.1) is 11.6 Å². The first-order valence-corrected chi connectivity index (χ1v) is 10.7. The lowest BCUT2D eigenvalue weighted by atomic mass is 10.1. The van der Waals surface area contributed by atoms with Crippen LogP contribution in [0.15, 0.2) is 42.5 Å². The predicted molar refractivity (Wildman–Crippen MR) is 119 cm³/mol. The average Bonchev–Trinajstić information content (AvgIpc) is 3.13. The molecule has 3 N–H and O–H groups in total. The number of carbonyl (C=O) groups is 1. The quantitative estimate of drug-likeness (QED) is 0.415. The molecule has 0 aliphatic heterocycles. The van der Waals surface area contributed by atoms with Crippen LogP contribution in [0.3, 0.4) is 0 Å². The average molecular weight is 413 g/mol. The maximum atomic E-state index is 12.2. The van der Waals surface area contributed by atoms with E-state index >= 15 is 0 Å². The van der Waals surface area contributed by atoms with Gasteiger partial charge in [0.1, 0.15) is 5.82 Å². The number of rotatable bonds is 11. The number of hydrogen-bond donors (Lipinski definition) is 3. The molecule has 0 fully saturated rings. The van der Waals surface area contributed by atoms with Gasteiger partial charge in [0.25, 0.3) is 0 Å². The third-order valence-electron chi connectivity index (χ3n) is 4.89. The number of alkyl halides is 1. The maximum Gasteiger partial charge on any atom is 0.220 e. The van der Waals surface area contributed by atoms with E-state index in [-0.39, 0.29) is 5.91 Å². The highest BCUT2D eigenvalue weighted by molar-refractivity contribution is 6.17. The highest BCUT2D eigenvalue weighted by Crippen LogP contribution is 2.15. The number of benzene rings is 2. The van der Waals surface area contributed by atoms with Gasteiger partial charge in [-0.05, 0) is 61.6 Å². The lowest BCUT2D eigenvalue weighted by molar-refractivity contribution is -0.121. The number of nitrogens with zero attached hydrogens (tertiary/aromatic N) is 1. The highest BCUT2D eigenvalue weighted by atomic mass is 35.5. The predicted octanol–water partition coefficient (Wildman–Crippen LogP) is 4.09. The highest BCUT2D eigenvalue weighted by Gasteiger charge is 2.07. The van der Waals surface area contributed by atoms with Crippen molar-refractivity contribution in [3.05, 3.63) is 65.0 Å². The molecule has 5 nitrogen and oxygen atoms in total. The Morgan fingerprint density at radius 1 is 1.03 bits per heavy atom. The van der Waals surface area contributed by atoms with Gasteiger partial charge < -0.3 is 15.6 Å². The fourth-order valence-electron chi connectivity index (χ4n) is 3.44. The van der Waals surface area contributed by atoms with Crippen LogP contribution in [0, 0.1) is 0 Å². The minimum Gasteiger partial charge on any atom is -0.349 e. The van der Waals surface area contributed by atoms with Gasteiger partial charge in [0.05, 0.1) is 17.6 Å². The van der Waals surface area contributed by atoms with Gasteiger partial charge in [0, 0.05) is 18.8 Å². The van der Waals surface area contributed by atoms with Gasteiger partial charge in [0.15, 0.2) is 0 Å². The molecule has 0 atom stereocenters. The standard InChI is InChI=1S/C23H29ClN4O/c1-25-15-19-7-2-5-17(13-19)6-3-9-23(29)26-16-22-27-20-11-10-18(8-4-12-24)14-21(20)28-22/h2,5,7,10-11,13-14,25H,3-4,6,8-9,12,15-16H2,1H3,(H,26,29)(H,27,28). The van der Waals surface area contributed by atoms with E-state index in [4.69, 9.17) is 11.6 Å². The van der Waals surface area contributed by atoms with Crippen molar-refractivity contribution >= 4 is 28.5 Å². The van der Waals surface area contributed by atoms with Crippen LogP contribution in [0.2, 0.25) is 0 Å². The molecule has 1 aromatic heterocycles. The number of carbonyl (C=O) groups excluding carboxylic acids is 1. The van der Waals surface area contributed by atoms with Crippen LogP contribution in [0.4, 0.5) is 0 Å². The van der Waals surface area contributed by atoms with E-state index < -0.39 is 0 Å². The molecule has 0 radical (unpaired) electrons. The molecule has 3 rings (SSSR count). The molecule has 0 aliphatic carbocycles. The third-order valence-corrected chi connectivity index (χ3v) is 5.16. The normalized spacial score (nSPS) is 11.1. The van der Waals surface area contributed by atoms with Crippen LogP contribution in [0.25, 0.3) is 11.0 Å². The van der Waals surface area contributed by atoms with Crippen molar-refractivity contribution in [2.75, 3.05) is 12.9 Å². The number of H-pyrrole nitrogens is 1. The second-order valence-electron chi connectivity index (χ2n) is 7.31. The zero-order valence-corrected chi connectivity index (χ0v) is 17.7. The summed E-state index contributed by atoms with van der Waals surface area (Å²) in [7, 11) is 1.94. The Bertz CT molecular complexity index is 938. The van der Waals surface area contributed by atoms with Gasteiger partial charge in [-0.2, -0.15) is 0 Å². The van der Waals surface area contributed by atoms with Crippen molar-refractivity contribution < 1.29 is 4.79 Å². The second kappa shape index (κ2) is 11.0. The number of fused-ring (bicyclic) bond motifs is 1. The molecule has 1 amide bonds. The summed E-state index contributed by atoms with van der Waals surface area (Å²) >= 11 is 5.77. The number of nitrogens with one attached hydrogen (secondary N) is 3. The van der Waals surface area contributed by atoms with E-state index in [0.717, 1.165) is 49.1 Å². The minimum atomic E-state index is 0.0552. The summed E-state index contributed by atoms with van der Waals surface area (Å²) in [6.07, 6.45) is 4.17. The van der Waals surface area contributed by atoms with E-state index in [1.165, 1.54) is 16.7 Å². The Morgan fingerprint density at radius 2 is 1.83 bits per heavy atom. The summed E-state index contributed by atoms with van der Waals surface area (Å²) in [5.74, 6) is 1.50. The summed E-state index contributed by atoms with van der Waals surface area (Å²) < 4.78 is 0. The number of aromatic nitrogens is 2. The largest absolute Gasteiger partial charge is 0.349 e. The van der Waals surface area contributed by atoms with E-state index in [9.17, 15) is 4.79 Å². The molecule has 0 saturated carbocycles. The van der Waals surface area contributed by atoms with Gasteiger partial charge in [-0.25, -0.2) is 4.98 Å². The summed E-state index contributed by atoms with van der Waals surface area (Å²) in [5, 5.41) is 6.13. The molecule has 0 unspecified atom stereocenters. The van der Waals surface area contributed by atoms with Crippen molar-refractivity contribution in [2.45, 2.75) is 45.2 Å². The topological polar surface area (TPSA) is 69.8 Å². The molecule has 2 aromatic carbocycles. The molecule has 0 spiro atoms. The number of aromatic amines is 1. The Hall–Kier alpha value is -2.37. The molecule has 0 aliphatic rings. The fraction of sp³-hybridized carbons (Fsp3) is 0.391. The Labute approximate surface area is 177 Å². The van der Waals surface area contributed by atoms with Gasteiger partial charge in [-0.3, -0.25) is 4.79 Å². The summed E-state index contributed by atoms with van der Waals surface area (Å²) in [6.45, 7) is 1.28. The second-order valence-corrected chi connectivity index (χ2v) is 7.69. The maximum absolute atomic E-state index is 12.2. The lowest BCUT2D eigenvalue weighted by Gasteiger charge is -2.06. The SMILES string of the molecule is CNCc1cccc(CCCC(=O)NCc2nc3ccc(CCCCl)cc3[nH]2)c1. The minimum absolute atomic E-state index is 0.0552. The first-order valence-electron chi connectivity index (χ1n) is 10.2. The monoisotopic (exact) mass is 412 g/mol. The summed E-state index contributed by atoms with van der Waals surface area (Å²) in [4.78, 5) is 20.1. The third kappa shape index (κ3) is 6.58. The summed E-state index contributed by atoms with van der Waals surface area (Å²) in [5.41, 5.74) is 5.71. The number of imidazole rings is 1. The van der Waals surface area contributed by atoms with E-state index in [1.807, 2.05) is 13.1 Å². The van der Waals surface area contributed by atoms with E-state index in [2.05, 4.69) is 57.0 Å². The van der Waals surface area contributed by atoms with Crippen molar-refractivity contribution in [1.29, 1.82) is 0 Å². The van der Waals surface area contributed by atoms with Crippen molar-refractivity contribution in [3.63, 3.8) is 0 Å². The molecular formula is C23H29ClN4O. The smallest absolute Gasteiger partial charge is 0.220 e. The van der Waals surface area contributed by atoms with E-state index in [1.54, 1.807) is 0 Å². The molecule has 154 valence electrons. The lowest BCUT2D eigenvalue weighted by Crippen LogP contribution is -2.23. The van der Waals surface area contributed by atoms with Crippen molar-refractivity contribution in [3.8, 4) is 0 Å². The van der Waals surface area contributed by atoms with Crippen molar-refractivity contribution in [1.82, 2.24) is 20.6 Å². The Kier molecular flexibility index (Phi) is 8.08. The zero-order valence-electron chi connectivity index (χ0n) is 16.9. The molecular weight excluding hydrogens is 384 g/mol. The molecule has 29 heavy (non-hydrogen) atoms. The summed E-state index contributed by atoms with van der Waals surface area (Å²) in [6, 6.07) is 14.7. The van der Waals surface area contributed by atoms with Gasteiger partial charge in [0.2, 0.25) is 5.91 Å². The fourth-order valence-corrected chi connectivity index (χ4v) is 3.58. The van der Waals surface area contributed by atoms with Crippen LogP contribution in [0.1, 0.15) is 41.8 Å². The Balaban J connectivity index is 1.44. The number of amides is 1. The van der Waals surface area contributed by atoms with Crippen LogP contribution < -0.4 is 10.6 Å². The number of aryl methyl sites for hydroxylation is 2. The molecule has 6 heteroatoms. The number of halogens is 1. The first-order chi connectivity index (χ1) is 14.2. The molecule has 1 heterocycles.